The van der Waals surface area contributed by atoms with E-state index in [2.05, 4.69) is 21.2 Å². The van der Waals surface area contributed by atoms with Gasteiger partial charge in [0.1, 0.15) is 0 Å². The molecule has 0 saturated carbocycles. The molecule has 0 heterocycles. The zero-order valence-corrected chi connectivity index (χ0v) is 13.2. The molecule has 1 rings (SSSR count). The molecule has 0 unspecified atom stereocenters. The minimum atomic E-state index is -4.56. The van der Waals surface area contributed by atoms with Crippen LogP contribution in [-0.4, -0.2) is 11.4 Å². The Kier molecular flexibility index (Phi) is 5.24. The first kappa shape index (κ1) is 17.0. The summed E-state index contributed by atoms with van der Waals surface area (Å²) < 4.78 is 39.2. The normalized spacial score (nSPS) is 12.3. The van der Waals surface area contributed by atoms with Gasteiger partial charge < -0.3 is 5.32 Å². The highest BCUT2D eigenvalue weighted by Crippen LogP contribution is 2.34. The van der Waals surface area contributed by atoms with E-state index < -0.39 is 23.2 Å². The fourth-order valence-corrected chi connectivity index (χ4v) is 2.37. The Bertz CT molecular complexity index is 498. The van der Waals surface area contributed by atoms with E-state index in [1.165, 1.54) is 12.1 Å². The molecule has 112 valence electrons. The van der Waals surface area contributed by atoms with Gasteiger partial charge in [-0.1, -0.05) is 29.3 Å². The molecule has 1 N–H and O–H groups in total. The summed E-state index contributed by atoms with van der Waals surface area (Å²) in [7, 11) is 0. The van der Waals surface area contributed by atoms with Crippen LogP contribution in [0.1, 0.15) is 49.5 Å². The second-order valence-corrected chi connectivity index (χ2v) is 6.19. The van der Waals surface area contributed by atoms with Crippen molar-refractivity contribution in [1.82, 2.24) is 5.32 Å². The highest BCUT2D eigenvalue weighted by molar-refractivity contribution is 9.10. The predicted molar refractivity (Wildman–Crippen MR) is 75.6 cm³/mol. The van der Waals surface area contributed by atoms with Crippen molar-refractivity contribution < 1.29 is 18.0 Å². The third kappa shape index (κ3) is 4.51. The minimum Gasteiger partial charge on any atom is -0.347 e. The lowest BCUT2D eigenvalue weighted by atomic mass is 9.97. The Hall–Kier alpha value is -1.04. The summed E-state index contributed by atoms with van der Waals surface area (Å²) >= 11 is 2.99. The lowest BCUT2D eigenvalue weighted by Crippen LogP contribution is -2.43. The third-order valence-corrected chi connectivity index (χ3v) is 3.35. The molecule has 0 saturated heterocycles. The van der Waals surface area contributed by atoms with Crippen LogP contribution in [0.5, 0.6) is 0 Å². The van der Waals surface area contributed by atoms with Crippen molar-refractivity contribution in [1.29, 1.82) is 0 Å². The van der Waals surface area contributed by atoms with Gasteiger partial charge in [-0.25, -0.2) is 0 Å². The van der Waals surface area contributed by atoms with Gasteiger partial charge in [-0.05, 0) is 38.5 Å². The lowest BCUT2D eigenvalue weighted by molar-refractivity contribution is -0.138. The third-order valence-electron chi connectivity index (χ3n) is 2.86. The summed E-state index contributed by atoms with van der Waals surface area (Å²) in [4.78, 5) is 12.1. The van der Waals surface area contributed by atoms with Gasteiger partial charge in [0.05, 0.1) is 11.1 Å². The monoisotopic (exact) mass is 351 g/mol. The molecule has 0 aromatic heterocycles. The number of alkyl halides is 3. The molecule has 0 aliphatic rings. The maximum atomic E-state index is 13.0. The number of benzene rings is 1. The predicted octanol–water partition coefficient (Wildman–Crippen LogP) is 4.78. The largest absolute Gasteiger partial charge is 0.417 e. The second-order valence-electron chi connectivity index (χ2n) is 5.28. The maximum absolute atomic E-state index is 13.0. The van der Waals surface area contributed by atoms with Crippen LogP contribution >= 0.6 is 15.9 Å². The Morgan fingerprint density at radius 3 is 2.40 bits per heavy atom. The molecule has 0 aliphatic heterocycles. The number of carbonyl (C=O) groups is 1. The van der Waals surface area contributed by atoms with Gasteiger partial charge in [0.25, 0.3) is 5.91 Å². The quantitative estimate of drug-likeness (QED) is 0.831. The van der Waals surface area contributed by atoms with E-state index in [1.54, 1.807) is 13.8 Å². The second kappa shape index (κ2) is 6.16. The first-order valence-corrected chi connectivity index (χ1v) is 7.05. The molecule has 0 radical (unpaired) electrons. The molecule has 0 spiro atoms. The van der Waals surface area contributed by atoms with Gasteiger partial charge in [0.2, 0.25) is 0 Å². The highest BCUT2D eigenvalue weighted by atomic mass is 79.9. The van der Waals surface area contributed by atoms with E-state index in [0.29, 0.717) is 6.42 Å². The molecular formula is C14H17BrF3NO. The standard InChI is InChI=1S/C14H17BrF3NO/c1-4-7-13(2,3)19-12(20)10-6-5-9(15)8-11(10)14(16,17)18/h5-6,8H,4,7H2,1-3H3,(H,19,20). The van der Waals surface area contributed by atoms with Crippen LogP contribution in [0.15, 0.2) is 22.7 Å². The minimum absolute atomic E-state index is 0.286. The summed E-state index contributed by atoms with van der Waals surface area (Å²) in [6.07, 6.45) is -3.04. The van der Waals surface area contributed by atoms with Gasteiger partial charge in [-0.2, -0.15) is 13.2 Å². The molecule has 0 bridgehead atoms. The van der Waals surface area contributed by atoms with Crippen molar-refractivity contribution in [3.8, 4) is 0 Å². The molecule has 1 amide bonds. The van der Waals surface area contributed by atoms with Gasteiger partial charge >= 0.3 is 6.18 Å². The van der Waals surface area contributed by atoms with Crippen LogP contribution in [0.25, 0.3) is 0 Å². The van der Waals surface area contributed by atoms with E-state index in [0.717, 1.165) is 12.5 Å². The smallest absolute Gasteiger partial charge is 0.347 e. The Morgan fingerprint density at radius 1 is 1.30 bits per heavy atom. The fourth-order valence-electron chi connectivity index (χ4n) is 2.01. The molecule has 0 fully saturated rings. The number of hydrogen-bond acceptors (Lipinski definition) is 1. The summed E-state index contributed by atoms with van der Waals surface area (Å²) in [5, 5.41) is 2.65. The topological polar surface area (TPSA) is 29.1 Å². The van der Waals surface area contributed by atoms with Crippen LogP contribution in [-0.2, 0) is 6.18 Å². The molecular weight excluding hydrogens is 335 g/mol. The van der Waals surface area contributed by atoms with Crippen LogP contribution in [0.4, 0.5) is 13.2 Å². The molecule has 0 atom stereocenters. The summed E-state index contributed by atoms with van der Waals surface area (Å²) in [5.41, 5.74) is -1.83. The van der Waals surface area contributed by atoms with Crippen molar-refractivity contribution in [2.24, 2.45) is 0 Å². The molecule has 1 aromatic rings. The highest BCUT2D eigenvalue weighted by Gasteiger charge is 2.36. The van der Waals surface area contributed by atoms with Crippen LogP contribution in [0.3, 0.4) is 0 Å². The van der Waals surface area contributed by atoms with E-state index >= 15 is 0 Å². The van der Waals surface area contributed by atoms with Crippen LogP contribution in [0, 0.1) is 0 Å². The maximum Gasteiger partial charge on any atom is 0.417 e. The zero-order chi connectivity index (χ0) is 15.6. The number of rotatable bonds is 4. The SMILES string of the molecule is CCCC(C)(C)NC(=O)c1ccc(Br)cc1C(F)(F)F. The molecule has 1 aromatic carbocycles. The average molecular weight is 352 g/mol. The van der Waals surface area contributed by atoms with Crippen LogP contribution < -0.4 is 5.32 Å². The molecule has 6 heteroatoms. The molecule has 2 nitrogen and oxygen atoms in total. The Morgan fingerprint density at radius 2 is 1.90 bits per heavy atom. The van der Waals surface area contributed by atoms with Crippen molar-refractivity contribution >= 4 is 21.8 Å². The number of nitrogens with one attached hydrogen (secondary N) is 1. The fraction of sp³-hybridized carbons (Fsp3) is 0.500. The van der Waals surface area contributed by atoms with Crippen molar-refractivity contribution in [2.75, 3.05) is 0 Å². The van der Waals surface area contributed by atoms with Gasteiger partial charge in [-0.3, -0.25) is 4.79 Å². The number of halogens is 4. The lowest BCUT2D eigenvalue weighted by Gasteiger charge is -2.26. The Labute approximate surface area is 124 Å². The van der Waals surface area contributed by atoms with E-state index in [9.17, 15) is 18.0 Å². The Balaban J connectivity index is 3.11. The summed E-state index contributed by atoms with van der Waals surface area (Å²) in [6, 6.07) is 3.53. The first-order valence-electron chi connectivity index (χ1n) is 6.26. The van der Waals surface area contributed by atoms with Crippen molar-refractivity contribution in [3.63, 3.8) is 0 Å². The van der Waals surface area contributed by atoms with Crippen LogP contribution in [0.2, 0.25) is 0 Å². The number of amides is 1. The van der Waals surface area contributed by atoms with Crippen molar-refractivity contribution in [2.45, 2.75) is 45.3 Å². The summed E-state index contributed by atoms with van der Waals surface area (Å²) in [6.45, 7) is 5.54. The van der Waals surface area contributed by atoms with E-state index in [-0.39, 0.29) is 10.0 Å². The van der Waals surface area contributed by atoms with Gasteiger partial charge in [0, 0.05) is 10.0 Å². The number of carbonyl (C=O) groups excluding carboxylic acids is 1. The average Bonchev–Trinajstić information content (AvgIpc) is 2.26. The number of hydrogen-bond donors (Lipinski definition) is 1. The first-order chi connectivity index (χ1) is 9.07. The molecule has 20 heavy (non-hydrogen) atoms. The van der Waals surface area contributed by atoms with Crippen molar-refractivity contribution in [3.05, 3.63) is 33.8 Å². The zero-order valence-electron chi connectivity index (χ0n) is 11.6. The van der Waals surface area contributed by atoms with E-state index in [4.69, 9.17) is 0 Å². The molecule has 0 aliphatic carbocycles. The van der Waals surface area contributed by atoms with Gasteiger partial charge in [-0.15, -0.1) is 0 Å². The van der Waals surface area contributed by atoms with E-state index in [1.807, 2.05) is 6.92 Å². The summed E-state index contributed by atoms with van der Waals surface area (Å²) in [5.74, 6) is -0.705. The van der Waals surface area contributed by atoms with Gasteiger partial charge in [0.15, 0.2) is 0 Å².